The van der Waals surface area contributed by atoms with Gasteiger partial charge in [-0.3, -0.25) is 9.88 Å². The van der Waals surface area contributed by atoms with E-state index in [2.05, 4.69) is 16.0 Å². The Bertz CT molecular complexity index is 1130. The fourth-order valence-corrected chi connectivity index (χ4v) is 5.63. The van der Waals surface area contributed by atoms with Crippen LogP contribution in [0.25, 0.3) is 11.1 Å². The molecule has 0 spiro atoms. The van der Waals surface area contributed by atoms with Crippen molar-refractivity contribution < 1.29 is 8.42 Å². The molecule has 152 valence electrons. The first kappa shape index (κ1) is 20.3. The van der Waals surface area contributed by atoms with Crippen LogP contribution in [0.3, 0.4) is 0 Å². The van der Waals surface area contributed by atoms with Gasteiger partial charge in [-0.15, -0.1) is 0 Å². The molecule has 0 bridgehead atoms. The summed E-state index contributed by atoms with van der Waals surface area (Å²) in [7, 11) is -3.35. The highest BCUT2D eigenvalue weighted by atomic mass is 32.2. The summed E-state index contributed by atoms with van der Waals surface area (Å²) in [6.07, 6.45) is 4.90. The summed E-state index contributed by atoms with van der Waals surface area (Å²) < 4.78 is 26.2. The third-order valence-electron chi connectivity index (χ3n) is 5.63. The molecule has 0 atom stereocenters. The number of nitrogens with zero attached hydrogens (tertiary/aromatic N) is 3. The van der Waals surface area contributed by atoms with E-state index in [0.29, 0.717) is 23.3 Å². The first-order valence-electron chi connectivity index (χ1n) is 10.0. The zero-order valence-corrected chi connectivity index (χ0v) is 17.4. The molecule has 1 aliphatic rings. The van der Waals surface area contributed by atoms with Crippen LogP contribution in [-0.4, -0.2) is 36.6 Å². The monoisotopic (exact) mass is 417 g/mol. The van der Waals surface area contributed by atoms with Crippen molar-refractivity contribution in [1.29, 1.82) is 5.26 Å². The molecule has 2 heterocycles. The van der Waals surface area contributed by atoms with Crippen molar-refractivity contribution in [3.05, 3.63) is 84.2 Å². The van der Waals surface area contributed by atoms with Crippen molar-refractivity contribution in [1.82, 2.24) is 9.88 Å². The largest absolute Gasteiger partial charge is 0.299 e. The molecule has 1 fully saturated rings. The molecule has 1 saturated heterocycles. The summed E-state index contributed by atoms with van der Waals surface area (Å²) in [5.41, 5.74) is 3.65. The van der Waals surface area contributed by atoms with Crippen LogP contribution in [0.5, 0.6) is 0 Å². The molecule has 1 aromatic heterocycles. The number of sulfone groups is 1. The SMILES string of the molecule is N#Cc1ccc(-c2ccc(S(=O)(=O)C3CCN(Cc4cccnc4)CC3)cc2)cc1. The number of pyridine rings is 1. The number of aromatic nitrogens is 1. The maximum atomic E-state index is 13.1. The molecule has 1 aliphatic heterocycles. The molecule has 6 heteroatoms. The lowest BCUT2D eigenvalue weighted by molar-refractivity contribution is 0.222. The van der Waals surface area contributed by atoms with E-state index in [1.165, 1.54) is 0 Å². The van der Waals surface area contributed by atoms with E-state index < -0.39 is 9.84 Å². The van der Waals surface area contributed by atoms with Crippen LogP contribution in [0.15, 0.2) is 78.0 Å². The van der Waals surface area contributed by atoms with Gasteiger partial charge >= 0.3 is 0 Å². The van der Waals surface area contributed by atoms with Crippen LogP contribution in [-0.2, 0) is 16.4 Å². The molecule has 0 aliphatic carbocycles. The molecule has 0 amide bonds. The summed E-state index contributed by atoms with van der Waals surface area (Å²) in [5, 5.41) is 8.57. The average Bonchev–Trinajstić information content (AvgIpc) is 2.80. The van der Waals surface area contributed by atoms with Crippen LogP contribution in [0, 0.1) is 11.3 Å². The van der Waals surface area contributed by atoms with Gasteiger partial charge in [-0.05, 0) is 73.0 Å². The Balaban J connectivity index is 1.41. The average molecular weight is 418 g/mol. The van der Waals surface area contributed by atoms with E-state index in [-0.39, 0.29) is 5.25 Å². The Morgan fingerprint density at radius 2 is 1.60 bits per heavy atom. The zero-order chi connectivity index (χ0) is 21.0. The van der Waals surface area contributed by atoms with Gasteiger partial charge in [0, 0.05) is 18.9 Å². The van der Waals surface area contributed by atoms with Gasteiger partial charge in [-0.25, -0.2) is 8.42 Å². The highest BCUT2D eigenvalue weighted by Gasteiger charge is 2.31. The highest BCUT2D eigenvalue weighted by molar-refractivity contribution is 7.92. The third-order valence-corrected chi connectivity index (χ3v) is 7.91. The van der Waals surface area contributed by atoms with Gasteiger partial charge in [-0.1, -0.05) is 30.3 Å². The van der Waals surface area contributed by atoms with Crippen LogP contribution in [0.4, 0.5) is 0 Å². The number of piperidine rings is 1. The predicted molar refractivity (Wildman–Crippen MR) is 116 cm³/mol. The first-order valence-corrected chi connectivity index (χ1v) is 11.6. The van der Waals surface area contributed by atoms with E-state index in [0.717, 1.165) is 36.3 Å². The van der Waals surface area contributed by atoms with E-state index in [1.54, 1.807) is 30.5 Å². The van der Waals surface area contributed by atoms with Crippen LogP contribution in [0.2, 0.25) is 0 Å². The van der Waals surface area contributed by atoms with Crippen molar-refractivity contribution in [3.8, 4) is 17.2 Å². The molecule has 5 nitrogen and oxygen atoms in total. The molecule has 0 radical (unpaired) electrons. The number of benzene rings is 2. The Morgan fingerprint density at radius 3 is 2.17 bits per heavy atom. The van der Waals surface area contributed by atoms with Gasteiger partial charge in [-0.2, -0.15) is 5.26 Å². The van der Waals surface area contributed by atoms with Gasteiger partial charge in [0.1, 0.15) is 0 Å². The summed E-state index contributed by atoms with van der Waals surface area (Å²) >= 11 is 0. The molecule has 30 heavy (non-hydrogen) atoms. The predicted octanol–water partition coefficient (Wildman–Crippen LogP) is 4.06. The standard InChI is InChI=1S/C24H23N3O2S/c25-16-19-3-5-21(6-4-19)22-7-9-23(10-8-22)30(28,29)24-11-14-27(15-12-24)18-20-2-1-13-26-17-20/h1-10,13,17,24H,11-12,14-15,18H2. The quantitative estimate of drug-likeness (QED) is 0.626. The molecule has 0 unspecified atom stereocenters. The van der Waals surface area contributed by atoms with E-state index in [1.807, 2.05) is 42.6 Å². The first-order chi connectivity index (χ1) is 14.6. The second-order valence-electron chi connectivity index (χ2n) is 7.60. The molecule has 3 aromatic rings. The van der Waals surface area contributed by atoms with Crippen molar-refractivity contribution in [3.63, 3.8) is 0 Å². The van der Waals surface area contributed by atoms with Gasteiger partial charge in [0.2, 0.25) is 0 Å². The van der Waals surface area contributed by atoms with Crippen molar-refractivity contribution in [2.45, 2.75) is 29.5 Å². The molecular weight excluding hydrogens is 394 g/mol. The topological polar surface area (TPSA) is 74.1 Å². The lowest BCUT2D eigenvalue weighted by atomic mass is 10.0. The Morgan fingerprint density at radius 1 is 0.967 bits per heavy atom. The lowest BCUT2D eigenvalue weighted by Gasteiger charge is -2.31. The minimum Gasteiger partial charge on any atom is -0.299 e. The van der Waals surface area contributed by atoms with Gasteiger partial charge < -0.3 is 0 Å². The Kier molecular flexibility index (Phi) is 5.93. The molecule has 2 aromatic carbocycles. The van der Waals surface area contributed by atoms with E-state index >= 15 is 0 Å². The van der Waals surface area contributed by atoms with Crippen molar-refractivity contribution in [2.75, 3.05) is 13.1 Å². The molecule has 0 saturated carbocycles. The van der Waals surface area contributed by atoms with Crippen LogP contribution < -0.4 is 0 Å². The number of hydrogen-bond acceptors (Lipinski definition) is 5. The maximum Gasteiger partial charge on any atom is 0.181 e. The smallest absolute Gasteiger partial charge is 0.181 e. The molecule has 0 N–H and O–H groups in total. The number of hydrogen-bond donors (Lipinski definition) is 0. The minimum absolute atomic E-state index is 0.344. The van der Waals surface area contributed by atoms with Gasteiger partial charge in [0.05, 0.1) is 21.8 Å². The fourth-order valence-electron chi connectivity index (χ4n) is 3.89. The van der Waals surface area contributed by atoms with Crippen molar-refractivity contribution >= 4 is 9.84 Å². The van der Waals surface area contributed by atoms with Gasteiger partial charge in [0.25, 0.3) is 0 Å². The fraction of sp³-hybridized carbons (Fsp3) is 0.250. The molecule has 4 rings (SSSR count). The van der Waals surface area contributed by atoms with Gasteiger partial charge in [0.15, 0.2) is 9.84 Å². The zero-order valence-electron chi connectivity index (χ0n) is 16.6. The minimum atomic E-state index is -3.35. The number of likely N-dealkylation sites (tertiary alicyclic amines) is 1. The third kappa shape index (κ3) is 4.43. The maximum absolute atomic E-state index is 13.1. The lowest BCUT2D eigenvalue weighted by Crippen LogP contribution is -2.38. The second-order valence-corrected chi connectivity index (χ2v) is 9.82. The number of nitriles is 1. The summed E-state index contributed by atoms with van der Waals surface area (Å²) in [4.78, 5) is 6.81. The normalized spacial score (nSPS) is 15.6. The summed E-state index contributed by atoms with van der Waals surface area (Å²) in [6, 6.07) is 20.4. The highest BCUT2D eigenvalue weighted by Crippen LogP contribution is 2.27. The van der Waals surface area contributed by atoms with Crippen LogP contribution >= 0.6 is 0 Å². The van der Waals surface area contributed by atoms with E-state index in [9.17, 15) is 8.42 Å². The second kappa shape index (κ2) is 8.78. The Hall–Kier alpha value is -3.01. The number of rotatable bonds is 5. The van der Waals surface area contributed by atoms with Crippen LogP contribution in [0.1, 0.15) is 24.0 Å². The van der Waals surface area contributed by atoms with E-state index in [4.69, 9.17) is 5.26 Å². The van der Waals surface area contributed by atoms with Crippen molar-refractivity contribution in [2.24, 2.45) is 0 Å². The summed E-state index contributed by atoms with van der Waals surface area (Å²) in [5.74, 6) is 0. The Labute approximate surface area is 177 Å². The molecular formula is C24H23N3O2S. The summed E-state index contributed by atoms with van der Waals surface area (Å²) in [6.45, 7) is 2.34.